The maximum Gasteiger partial charge on any atom is 0.244 e. The van der Waals surface area contributed by atoms with Crippen LogP contribution in [0.4, 0.5) is 0 Å². The minimum absolute atomic E-state index is 0.0216. The van der Waals surface area contributed by atoms with E-state index < -0.39 is 6.04 Å². The lowest BCUT2D eigenvalue weighted by Gasteiger charge is -2.25. The molecule has 1 saturated carbocycles. The smallest absolute Gasteiger partial charge is 0.244 e. The van der Waals surface area contributed by atoms with Gasteiger partial charge >= 0.3 is 0 Å². The molecule has 1 aliphatic rings. The molecule has 2 aromatic rings. The lowest BCUT2D eigenvalue weighted by molar-refractivity contribution is -0.134. The molecule has 2 N–H and O–H groups in total. The van der Waals surface area contributed by atoms with Crippen molar-refractivity contribution in [3.05, 3.63) is 54.1 Å². The van der Waals surface area contributed by atoms with Crippen LogP contribution < -0.4 is 5.73 Å². The molecule has 1 aliphatic carbocycles. The van der Waals surface area contributed by atoms with Gasteiger partial charge in [-0.3, -0.25) is 4.79 Å². The fraction of sp³-hybridized carbons (Fsp3) is 0.375. The Hall–Kier alpha value is -2.14. The molecule has 0 aliphatic heterocycles. The van der Waals surface area contributed by atoms with Gasteiger partial charge in [-0.05, 0) is 18.4 Å². The zero-order valence-corrected chi connectivity index (χ0v) is 12.1. The van der Waals surface area contributed by atoms with Crippen molar-refractivity contribution in [2.24, 2.45) is 12.8 Å². The molecule has 0 saturated heterocycles. The van der Waals surface area contributed by atoms with E-state index in [0.717, 1.165) is 24.2 Å². The van der Waals surface area contributed by atoms with E-state index in [2.05, 4.69) is 4.98 Å². The minimum atomic E-state index is -0.605. The minimum Gasteiger partial charge on any atom is -0.337 e. The molecule has 1 atom stereocenters. The van der Waals surface area contributed by atoms with Crippen LogP contribution in [0.3, 0.4) is 0 Å². The number of rotatable bonds is 5. The van der Waals surface area contributed by atoms with Gasteiger partial charge in [0.25, 0.3) is 0 Å². The number of nitrogens with two attached hydrogens (primary N) is 1. The van der Waals surface area contributed by atoms with Crippen molar-refractivity contribution in [1.29, 1.82) is 0 Å². The third-order valence-corrected chi connectivity index (χ3v) is 3.93. The fourth-order valence-electron chi connectivity index (χ4n) is 2.46. The Morgan fingerprint density at radius 2 is 2.14 bits per heavy atom. The molecule has 1 aromatic heterocycles. The van der Waals surface area contributed by atoms with Gasteiger partial charge in [0.05, 0.1) is 6.54 Å². The summed E-state index contributed by atoms with van der Waals surface area (Å²) in [4.78, 5) is 18.9. The van der Waals surface area contributed by atoms with Crippen molar-refractivity contribution in [2.75, 3.05) is 0 Å². The number of imidazole rings is 1. The van der Waals surface area contributed by atoms with Crippen molar-refractivity contribution in [1.82, 2.24) is 14.5 Å². The van der Waals surface area contributed by atoms with Gasteiger partial charge < -0.3 is 15.2 Å². The number of carbonyl (C=O) groups excluding carboxylic acids is 1. The molecule has 1 fully saturated rings. The second-order valence-corrected chi connectivity index (χ2v) is 5.54. The number of hydrogen-bond donors (Lipinski definition) is 1. The molecular formula is C16H20N4O. The Balaban J connectivity index is 1.78. The summed E-state index contributed by atoms with van der Waals surface area (Å²) in [6.45, 7) is 0.521. The van der Waals surface area contributed by atoms with E-state index in [-0.39, 0.29) is 5.91 Å². The average molecular weight is 284 g/mol. The molecule has 5 nitrogen and oxygen atoms in total. The van der Waals surface area contributed by atoms with Crippen LogP contribution in [-0.4, -0.2) is 26.4 Å². The third-order valence-electron chi connectivity index (χ3n) is 3.93. The summed E-state index contributed by atoms with van der Waals surface area (Å²) >= 11 is 0. The molecule has 0 bridgehead atoms. The largest absolute Gasteiger partial charge is 0.337 e. The second kappa shape index (κ2) is 5.69. The number of nitrogens with zero attached hydrogens (tertiary/aromatic N) is 3. The van der Waals surface area contributed by atoms with Crippen molar-refractivity contribution in [3.63, 3.8) is 0 Å². The first kappa shape index (κ1) is 13.8. The Bertz CT molecular complexity index is 618. The molecule has 0 spiro atoms. The molecule has 0 unspecified atom stereocenters. The van der Waals surface area contributed by atoms with Crippen LogP contribution in [0.5, 0.6) is 0 Å². The van der Waals surface area contributed by atoms with Gasteiger partial charge in [-0.25, -0.2) is 4.98 Å². The van der Waals surface area contributed by atoms with E-state index >= 15 is 0 Å². The summed E-state index contributed by atoms with van der Waals surface area (Å²) in [5.74, 6) is 0.863. The van der Waals surface area contributed by atoms with E-state index in [9.17, 15) is 4.79 Å². The number of amides is 1. The summed E-state index contributed by atoms with van der Waals surface area (Å²) in [5.41, 5.74) is 7.01. The van der Waals surface area contributed by atoms with Gasteiger partial charge in [-0.2, -0.15) is 0 Å². The first-order valence-corrected chi connectivity index (χ1v) is 7.24. The predicted molar refractivity (Wildman–Crippen MR) is 80.2 cm³/mol. The molecule has 21 heavy (non-hydrogen) atoms. The molecule has 1 aromatic carbocycles. The number of carbonyl (C=O) groups is 1. The number of benzene rings is 1. The summed E-state index contributed by atoms with van der Waals surface area (Å²) in [6.07, 6.45) is 5.75. The second-order valence-electron chi connectivity index (χ2n) is 5.54. The zero-order valence-electron chi connectivity index (χ0n) is 12.1. The van der Waals surface area contributed by atoms with Crippen LogP contribution in [-0.2, 0) is 18.4 Å². The molecule has 1 heterocycles. The van der Waals surface area contributed by atoms with Gasteiger partial charge in [0.1, 0.15) is 11.9 Å². The van der Waals surface area contributed by atoms with Gasteiger partial charge in [0.2, 0.25) is 5.91 Å². The summed E-state index contributed by atoms with van der Waals surface area (Å²) in [6, 6.07) is 9.23. The number of aromatic nitrogens is 2. The molecule has 110 valence electrons. The maximum absolute atomic E-state index is 12.7. The average Bonchev–Trinajstić information content (AvgIpc) is 3.28. The quantitative estimate of drug-likeness (QED) is 0.907. The predicted octanol–water partition coefficient (Wildman–Crippen LogP) is 1.61. The SMILES string of the molecule is Cn1ccnc1CN(C(=O)[C@H](N)c1ccccc1)C1CC1. The maximum atomic E-state index is 12.7. The molecule has 0 radical (unpaired) electrons. The number of aryl methyl sites for hydroxylation is 1. The monoisotopic (exact) mass is 284 g/mol. The van der Waals surface area contributed by atoms with Crippen LogP contribution in [0.1, 0.15) is 30.3 Å². The molecule has 5 heteroatoms. The van der Waals surface area contributed by atoms with Gasteiger partial charge in [0.15, 0.2) is 0 Å². The summed E-state index contributed by atoms with van der Waals surface area (Å²) in [5, 5.41) is 0. The molecule has 3 rings (SSSR count). The Labute approximate surface area is 124 Å². The topological polar surface area (TPSA) is 64.2 Å². The lowest BCUT2D eigenvalue weighted by Crippen LogP contribution is -2.40. The highest BCUT2D eigenvalue weighted by atomic mass is 16.2. The van der Waals surface area contributed by atoms with Crippen molar-refractivity contribution >= 4 is 5.91 Å². The highest BCUT2D eigenvalue weighted by Crippen LogP contribution is 2.30. The van der Waals surface area contributed by atoms with Crippen LogP contribution in [0.25, 0.3) is 0 Å². The van der Waals surface area contributed by atoms with Crippen LogP contribution >= 0.6 is 0 Å². The zero-order chi connectivity index (χ0) is 14.8. The van der Waals surface area contributed by atoms with E-state index in [1.165, 1.54) is 0 Å². The van der Waals surface area contributed by atoms with Crippen LogP contribution in [0.15, 0.2) is 42.7 Å². The Kier molecular flexibility index (Phi) is 3.75. The normalized spacial score (nSPS) is 15.7. The first-order valence-electron chi connectivity index (χ1n) is 7.24. The highest BCUT2D eigenvalue weighted by Gasteiger charge is 2.35. The van der Waals surface area contributed by atoms with Crippen LogP contribution in [0, 0.1) is 0 Å². The number of hydrogen-bond acceptors (Lipinski definition) is 3. The standard InChI is InChI=1S/C16H20N4O/c1-19-10-9-18-14(19)11-20(13-7-8-13)16(21)15(17)12-5-3-2-4-6-12/h2-6,9-10,13,15H,7-8,11,17H2,1H3/t15-/m1/s1. The summed E-state index contributed by atoms with van der Waals surface area (Å²) in [7, 11) is 1.94. The van der Waals surface area contributed by atoms with Crippen molar-refractivity contribution in [2.45, 2.75) is 31.5 Å². The van der Waals surface area contributed by atoms with E-state index in [1.807, 2.05) is 53.0 Å². The Morgan fingerprint density at radius 1 is 1.43 bits per heavy atom. The van der Waals surface area contributed by atoms with E-state index in [4.69, 9.17) is 5.73 Å². The third kappa shape index (κ3) is 2.97. The summed E-state index contributed by atoms with van der Waals surface area (Å²) < 4.78 is 1.94. The van der Waals surface area contributed by atoms with E-state index in [0.29, 0.717) is 12.6 Å². The molecule has 1 amide bonds. The first-order chi connectivity index (χ1) is 10.2. The van der Waals surface area contributed by atoms with Gasteiger partial charge in [0, 0.05) is 25.5 Å². The van der Waals surface area contributed by atoms with E-state index in [1.54, 1.807) is 6.20 Å². The van der Waals surface area contributed by atoms with Crippen molar-refractivity contribution < 1.29 is 4.79 Å². The van der Waals surface area contributed by atoms with Crippen molar-refractivity contribution in [3.8, 4) is 0 Å². The fourth-order valence-corrected chi connectivity index (χ4v) is 2.46. The highest BCUT2D eigenvalue weighted by molar-refractivity contribution is 5.83. The van der Waals surface area contributed by atoms with Gasteiger partial charge in [-0.15, -0.1) is 0 Å². The van der Waals surface area contributed by atoms with Gasteiger partial charge in [-0.1, -0.05) is 30.3 Å². The molecular weight excluding hydrogens is 264 g/mol. The Morgan fingerprint density at radius 3 is 2.71 bits per heavy atom. The van der Waals surface area contributed by atoms with Crippen LogP contribution in [0.2, 0.25) is 0 Å². The lowest BCUT2D eigenvalue weighted by atomic mass is 10.1.